The Morgan fingerprint density at radius 2 is 1.89 bits per heavy atom. The van der Waals surface area contributed by atoms with Crippen LogP contribution in [-0.4, -0.2) is 71.9 Å². The lowest BCUT2D eigenvalue weighted by Crippen LogP contribution is -2.54. The summed E-state index contributed by atoms with van der Waals surface area (Å²) in [7, 11) is 2.07. The van der Waals surface area contributed by atoms with E-state index in [1.807, 2.05) is 24.3 Å². The molecule has 0 radical (unpaired) electrons. The first-order chi connectivity index (χ1) is 18.3. The quantitative estimate of drug-likeness (QED) is 0.369. The monoisotopic (exact) mass is 535 g/mol. The second kappa shape index (κ2) is 9.84. The Balaban J connectivity index is 1.54. The summed E-state index contributed by atoms with van der Waals surface area (Å²) in [6.07, 6.45) is 0. The molecule has 3 heterocycles. The number of hydrogen-bond acceptors (Lipinski definition) is 7. The summed E-state index contributed by atoms with van der Waals surface area (Å²) in [5.74, 6) is 0.488. The largest absolute Gasteiger partial charge is 0.508 e. The second-order valence-electron chi connectivity index (χ2n) is 10.7. The lowest BCUT2D eigenvalue weighted by atomic mass is 9.96. The summed E-state index contributed by atoms with van der Waals surface area (Å²) < 4.78 is 22.6. The van der Waals surface area contributed by atoms with Crippen LogP contribution in [0.5, 0.6) is 11.8 Å². The molecule has 9 heteroatoms. The molecule has 4 aromatic rings. The number of rotatable bonds is 5. The molecule has 3 aromatic carbocycles. The lowest BCUT2D eigenvalue weighted by Gasteiger charge is -2.39. The van der Waals surface area contributed by atoms with Crippen molar-refractivity contribution in [3.63, 3.8) is 0 Å². The summed E-state index contributed by atoms with van der Waals surface area (Å²) >= 11 is 6.81. The third kappa shape index (κ3) is 4.51. The molecule has 7 nitrogen and oxygen atoms in total. The van der Waals surface area contributed by atoms with Gasteiger partial charge in [0.1, 0.15) is 17.1 Å². The Bertz CT molecular complexity index is 1530. The maximum atomic E-state index is 16.6. The van der Waals surface area contributed by atoms with E-state index < -0.39 is 5.82 Å². The van der Waals surface area contributed by atoms with Crippen LogP contribution in [0.1, 0.15) is 13.8 Å². The number of piperazine rings is 1. The second-order valence-corrected chi connectivity index (χ2v) is 11.1. The highest BCUT2D eigenvalue weighted by Crippen LogP contribution is 2.42. The number of phenolic OH excluding ortho intramolecular Hbond substituents is 1. The molecule has 2 atom stereocenters. The molecule has 2 aliphatic rings. The van der Waals surface area contributed by atoms with E-state index in [1.54, 1.807) is 18.2 Å². The first-order valence-electron chi connectivity index (χ1n) is 13.0. The highest BCUT2D eigenvalue weighted by molar-refractivity contribution is 6.35. The van der Waals surface area contributed by atoms with Crippen molar-refractivity contribution in [3.8, 4) is 22.9 Å². The number of hydrogen-bond donors (Lipinski definition) is 2. The Morgan fingerprint density at radius 1 is 1.11 bits per heavy atom. The van der Waals surface area contributed by atoms with Gasteiger partial charge >= 0.3 is 6.01 Å². The molecule has 0 aliphatic carbocycles. The van der Waals surface area contributed by atoms with Gasteiger partial charge in [0.15, 0.2) is 5.82 Å². The standard InChI is InChI=1S/C29H31ClFN5O2/c1-16-12-36(17(2)11-32-16)28-23-10-24(30)25(22-9-20(37)8-19-6-4-5-7-21(19)22)26(31)27(23)33-29(34-28)38-15-18-13-35(3)14-18/h4-10,16-18,32,37H,11-15H2,1-3H3/t16-,17+/m1/s1. The number of aromatic hydroxyl groups is 1. The maximum absolute atomic E-state index is 16.6. The van der Waals surface area contributed by atoms with Crippen LogP contribution in [0, 0.1) is 11.7 Å². The van der Waals surface area contributed by atoms with Crippen LogP contribution in [0.2, 0.25) is 5.02 Å². The highest BCUT2D eigenvalue weighted by atomic mass is 35.5. The van der Waals surface area contributed by atoms with Crippen molar-refractivity contribution in [1.29, 1.82) is 0 Å². The minimum atomic E-state index is -0.559. The molecular formula is C29H31ClFN5O2. The van der Waals surface area contributed by atoms with E-state index in [9.17, 15) is 5.11 Å². The SMILES string of the molecule is C[C@@H]1CN(c2nc(OCC3CN(C)C3)nc3c(F)c(-c4cc(O)cc5ccccc45)c(Cl)cc23)[C@@H](C)CN1. The number of nitrogens with zero attached hydrogens (tertiary/aromatic N) is 4. The molecule has 0 bridgehead atoms. The highest BCUT2D eigenvalue weighted by Gasteiger charge is 2.29. The topological polar surface area (TPSA) is 73.8 Å². The van der Waals surface area contributed by atoms with E-state index in [2.05, 4.69) is 41.0 Å². The van der Waals surface area contributed by atoms with Crippen LogP contribution >= 0.6 is 11.6 Å². The number of ether oxygens (including phenoxy) is 1. The summed E-state index contributed by atoms with van der Waals surface area (Å²) in [5.41, 5.74) is 0.861. The number of aromatic nitrogens is 2. The first kappa shape index (κ1) is 25.1. The van der Waals surface area contributed by atoms with Crippen molar-refractivity contribution in [2.45, 2.75) is 25.9 Å². The number of benzene rings is 3. The number of halogens is 2. The van der Waals surface area contributed by atoms with Gasteiger partial charge in [0.25, 0.3) is 0 Å². The van der Waals surface area contributed by atoms with Crippen molar-refractivity contribution in [1.82, 2.24) is 20.2 Å². The fourth-order valence-electron chi connectivity index (χ4n) is 5.63. The van der Waals surface area contributed by atoms with E-state index in [-0.39, 0.29) is 39.9 Å². The number of phenols is 1. The zero-order valence-corrected chi connectivity index (χ0v) is 22.5. The minimum absolute atomic E-state index is 0.0377. The molecule has 0 unspecified atom stereocenters. The van der Waals surface area contributed by atoms with Gasteiger partial charge in [-0.3, -0.25) is 0 Å². The molecule has 6 rings (SSSR count). The molecule has 2 fully saturated rings. The summed E-state index contributed by atoms with van der Waals surface area (Å²) in [5, 5.41) is 16.3. The predicted molar refractivity (Wildman–Crippen MR) is 150 cm³/mol. The van der Waals surface area contributed by atoms with Gasteiger partial charge in [-0.05, 0) is 55.4 Å². The molecular weight excluding hydrogens is 505 g/mol. The molecule has 2 aliphatic heterocycles. The van der Waals surface area contributed by atoms with Crippen molar-refractivity contribution < 1.29 is 14.2 Å². The zero-order valence-electron chi connectivity index (χ0n) is 21.7. The van der Waals surface area contributed by atoms with Crippen LogP contribution in [-0.2, 0) is 0 Å². The number of anilines is 1. The smallest absolute Gasteiger partial charge is 0.319 e. The van der Waals surface area contributed by atoms with Crippen LogP contribution < -0.4 is 15.0 Å². The molecule has 2 N–H and O–H groups in total. The average molecular weight is 536 g/mol. The number of nitrogens with one attached hydrogen (secondary N) is 1. The third-order valence-electron chi connectivity index (χ3n) is 7.58. The molecule has 0 spiro atoms. The molecule has 0 saturated carbocycles. The summed E-state index contributed by atoms with van der Waals surface area (Å²) in [4.78, 5) is 13.8. The fourth-order valence-corrected chi connectivity index (χ4v) is 5.93. The van der Waals surface area contributed by atoms with E-state index in [0.29, 0.717) is 35.8 Å². The Morgan fingerprint density at radius 3 is 2.68 bits per heavy atom. The molecule has 2 saturated heterocycles. The summed E-state index contributed by atoms with van der Waals surface area (Å²) in [6.45, 7) is 8.09. The van der Waals surface area contributed by atoms with E-state index in [0.717, 1.165) is 30.4 Å². The van der Waals surface area contributed by atoms with Crippen LogP contribution in [0.3, 0.4) is 0 Å². The van der Waals surface area contributed by atoms with Gasteiger partial charge in [-0.15, -0.1) is 0 Å². The van der Waals surface area contributed by atoms with Gasteiger partial charge in [0, 0.05) is 55.1 Å². The fraction of sp³-hybridized carbons (Fsp3) is 0.379. The average Bonchev–Trinajstić information content (AvgIpc) is 2.87. The molecule has 38 heavy (non-hydrogen) atoms. The molecule has 198 valence electrons. The minimum Gasteiger partial charge on any atom is -0.508 e. The van der Waals surface area contributed by atoms with Crippen molar-refractivity contribution in [3.05, 3.63) is 53.3 Å². The van der Waals surface area contributed by atoms with Crippen molar-refractivity contribution in [2.24, 2.45) is 5.92 Å². The van der Waals surface area contributed by atoms with Gasteiger partial charge in [0.2, 0.25) is 0 Å². The maximum Gasteiger partial charge on any atom is 0.319 e. The van der Waals surface area contributed by atoms with Crippen LogP contribution in [0.25, 0.3) is 32.8 Å². The zero-order chi connectivity index (χ0) is 26.6. The van der Waals surface area contributed by atoms with Crippen molar-refractivity contribution >= 4 is 39.1 Å². The number of likely N-dealkylation sites (tertiary alicyclic amines) is 1. The molecule has 0 amide bonds. The summed E-state index contributed by atoms with van der Waals surface area (Å²) in [6, 6.07) is 13.0. The predicted octanol–water partition coefficient (Wildman–Crippen LogP) is 5.08. The van der Waals surface area contributed by atoms with Gasteiger partial charge in [-0.1, -0.05) is 35.9 Å². The lowest BCUT2D eigenvalue weighted by molar-refractivity contribution is 0.0819. The van der Waals surface area contributed by atoms with Gasteiger partial charge in [-0.2, -0.15) is 9.97 Å². The first-order valence-corrected chi connectivity index (χ1v) is 13.4. The normalized spacial score (nSPS) is 20.7. The molecule has 1 aromatic heterocycles. The Hall–Kier alpha value is -3.20. The van der Waals surface area contributed by atoms with Gasteiger partial charge in [0.05, 0.1) is 11.6 Å². The van der Waals surface area contributed by atoms with Gasteiger partial charge in [-0.25, -0.2) is 4.39 Å². The van der Waals surface area contributed by atoms with Crippen LogP contribution in [0.4, 0.5) is 10.2 Å². The Kier molecular flexibility index (Phi) is 6.50. The van der Waals surface area contributed by atoms with Crippen molar-refractivity contribution in [2.75, 3.05) is 44.7 Å². The Labute approximate surface area is 226 Å². The third-order valence-corrected chi connectivity index (χ3v) is 7.88. The van der Waals surface area contributed by atoms with Crippen LogP contribution in [0.15, 0.2) is 42.5 Å². The van der Waals surface area contributed by atoms with E-state index in [1.165, 1.54) is 0 Å². The number of fused-ring (bicyclic) bond motifs is 2. The van der Waals surface area contributed by atoms with Gasteiger partial charge < -0.3 is 25.0 Å². The van der Waals surface area contributed by atoms with E-state index in [4.69, 9.17) is 21.3 Å². The van der Waals surface area contributed by atoms with E-state index >= 15 is 4.39 Å².